The minimum atomic E-state index is 0.438. The van der Waals surface area contributed by atoms with Crippen molar-refractivity contribution < 1.29 is 9.47 Å². The number of hydrogen-bond donors (Lipinski definition) is 1. The van der Waals surface area contributed by atoms with Gasteiger partial charge in [-0.05, 0) is 25.0 Å². The highest BCUT2D eigenvalue weighted by Crippen LogP contribution is 2.27. The van der Waals surface area contributed by atoms with Crippen LogP contribution in [0.25, 0.3) is 0 Å². The van der Waals surface area contributed by atoms with Crippen LogP contribution in [0.3, 0.4) is 0 Å². The van der Waals surface area contributed by atoms with Gasteiger partial charge in [0.2, 0.25) is 0 Å². The summed E-state index contributed by atoms with van der Waals surface area (Å²) < 4.78 is 10.4. The number of benzene rings is 1. The fourth-order valence-electron chi connectivity index (χ4n) is 1.82. The van der Waals surface area contributed by atoms with Crippen LogP contribution in [0, 0.1) is 0 Å². The molecule has 3 heteroatoms. The quantitative estimate of drug-likeness (QED) is 0.821. The first-order valence-electron chi connectivity index (χ1n) is 5.25. The summed E-state index contributed by atoms with van der Waals surface area (Å²) in [6.07, 6.45) is 2.62. The molecular weight excluding hydrogens is 190 g/mol. The molecule has 0 atom stereocenters. The van der Waals surface area contributed by atoms with E-state index in [1.54, 1.807) is 14.2 Å². The molecule has 0 bridgehead atoms. The van der Waals surface area contributed by atoms with Crippen LogP contribution in [-0.2, 0) is 4.74 Å². The van der Waals surface area contributed by atoms with Crippen LogP contribution in [-0.4, -0.2) is 26.4 Å². The third-order valence-corrected chi connectivity index (χ3v) is 2.87. The highest BCUT2D eigenvalue weighted by molar-refractivity contribution is 5.49. The van der Waals surface area contributed by atoms with Crippen molar-refractivity contribution in [3.05, 3.63) is 24.3 Å². The molecule has 1 aromatic carbocycles. The van der Waals surface area contributed by atoms with Crippen LogP contribution in [0.4, 0.5) is 5.69 Å². The fourth-order valence-corrected chi connectivity index (χ4v) is 1.82. The van der Waals surface area contributed by atoms with E-state index < -0.39 is 0 Å². The lowest BCUT2D eigenvalue weighted by molar-refractivity contribution is 0.0329. The largest absolute Gasteiger partial charge is 0.497 e. The van der Waals surface area contributed by atoms with Gasteiger partial charge in [0.05, 0.1) is 13.2 Å². The minimum Gasteiger partial charge on any atom is -0.497 e. The maximum absolute atomic E-state index is 5.23. The molecule has 1 saturated carbocycles. The van der Waals surface area contributed by atoms with E-state index in [0.29, 0.717) is 12.1 Å². The molecule has 2 rings (SSSR count). The molecule has 0 amide bonds. The van der Waals surface area contributed by atoms with Crippen LogP contribution >= 0.6 is 0 Å². The minimum absolute atomic E-state index is 0.438. The van der Waals surface area contributed by atoms with E-state index >= 15 is 0 Å². The molecule has 82 valence electrons. The number of rotatable bonds is 4. The first kappa shape index (κ1) is 10.3. The first-order chi connectivity index (χ1) is 7.31. The van der Waals surface area contributed by atoms with Crippen molar-refractivity contribution in [2.45, 2.75) is 25.0 Å². The first-order valence-corrected chi connectivity index (χ1v) is 5.25. The topological polar surface area (TPSA) is 30.5 Å². The summed E-state index contributed by atoms with van der Waals surface area (Å²) in [6, 6.07) is 8.56. The Labute approximate surface area is 90.4 Å². The fraction of sp³-hybridized carbons (Fsp3) is 0.500. The number of hydrogen-bond acceptors (Lipinski definition) is 3. The summed E-state index contributed by atoms with van der Waals surface area (Å²) in [6.45, 7) is 0. The van der Waals surface area contributed by atoms with E-state index in [0.717, 1.165) is 24.3 Å². The molecule has 0 heterocycles. The van der Waals surface area contributed by atoms with Crippen molar-refractivity contribution in [1.29, 1.82) is 0 Å². The van der Waals surface area contributed by atoms with Crippen molar-refractivity contribution >= 4 is 5.69 Å². The van der Waals surface area contributed by atoms with E-state index in [1.807, 2.05) is 18.2 Å². The molecule has 1 aromatic rings. The summed E-state index contributed by atoms with van der Waals surface area (Å²) >= 11 is 0. The average Bonchev–Trinajstić information content (AvgIpc) is 2.23. The number of nitrogens with one attached hydrogen (secondary N) is 1. The maximum atomic E-state index is 5.23. The summed E-state index contributed by atoms with van der Waals surface area (Å²) in [7, 11) is 3.45. The van der Waals surface area contributed by atoms with Crippen molar-refractivity contribution in [2.75, 3.05) is 19.5 Å². The Kier molecular flexibility index (Phi) is 3.11. The van der Waals surface area contributed by atoms with E-state index in [1.165, 1.54) is 0 Å². The van der Waals surface area contributed by atoms with Gasteiger partial charge in [-0.2, -0.15) is 0 Å². The van der Waals surface area contributed by atoms with Crippen molar-refractivity contribution in [2.24, 2.45) is 0 Å². The zero-order chi connectivity index (χ0) is 10.7. The Bertz CT molecular complexity index is 321. The Morgan fingerprint density at radius 1 is 1.27 bits per heavy atom. The van der Waals surface area contributed by atoms with Crippen LogP contribution < -0.4 is 10.1 Å². The zero-order valence-electron chi connectivity index (χ0n) is 9.19. The van der Waals surface area contributed by atoms with Gasteiger partial charge in [-0.15, -0.1) is 0 Å². The van der Waals surface area contributed by atoms with Crippen molar-refractivity contribution in [3.8, 4) is 5.75 Å². The van der Waals surface area contributed by atoms with Crippen molar-refractivity contribution in [1.82, 2.24) is 0 Å². The van der Waals surface area contributed by atoms with Crippen LogP contribution in [0.2, 0.25) is 0 Å². The predicted octanol–water partition coefficient (Wildman–Crippen LogP) is 2.28. The molecule has 0 aromatic heterocycles. The maximum Gasteiger partial charge on any atom is 0.120 e. The molecule has 0 spiro atoms. The van der Waals surface area contributed by atoms with Gasteiger partial charge in [-0.3, -0.25) is 0 Å². The van der Waals surface area contributed by atoms with Gasteiger partial charge in [-0.1, -0.05) is 6.07 Å². The van der Waals surface area contributed by atoms with Gasteiger partial charge in [0.25, 0.3) is 0 Å². The molecule has 1 aliphatic rings. The Balaban J connectivity index is 1.88. The highest BCUT2D eigenvalue weighted by Gasteiger charge is 2.28. The SMILES string of the molecule is COc1cccc(NC2CC(OC)C2)c1. The second-order valence-corrected chi connectivity index (χ2v) is 3.90. The lowest BCUT2D eigenvalue weighted by atomic mass is 9.89. The summed E-state index contributed by atoms with van der Waals surface area (Å²) in [4.78, 5) is 0. The molecule has 15 heavy (non-hydrogen) atoms. The standard InChI is InChI=1S/C12H17NO2/c1-14-11-5-3-4-9(6-11)13-10-7-12(8-10)15-2/h3-6,10,12-13H,7-8H2,1-2H3. The molecular formula is C12H17NO2. The second kappa shape index (κ2) is 4.53. The summed E-state index contributed by atoms with van der Waals surface area (Å²) in [5.41, 5.74) is 1.12. The predicted molar refractivity (Wildman–Crippen MR) is 60.4 cm³/mol. The molecule has 1 aliphatic carbocycles. The third-order valence-electron chi connectivity index (χ3n) is 2.87. The molecule has 0 aliphatic heterocycles. The van der Waals surface area contributed by atoms with Crippen molar-refractivity contribution in [3.63, 3.8) is 0 Å². The van der Waals surface area contributed by atoms with Gasteiger partial charge >= 0.3 is 0 Å². The third kappa shape index (κ3) is 2.42. The van der Waals surface area contributed by atoms with E-state index in [2.05, 4.69) is 11.4 Å². The van der Waals surface area contributed by atoms with E-state index in [9.17, 15) is 0 Å². The monoisotopic (exact) mass is 207 g/mol. The van der Waals surface area contributed by atoms with Gasteiger partial charge in [-0.25, -0.2) is 0 Å². The van der Waals surface area contributed by atoms with Gasteiger partial charge in [0.1, 0.15) is 5.75 Å². The molecule has 1 N–H and O–H groups in total. The van der Waals surface area contributed by atoms with Gasteiger partial charge < -0.3 is 14.8 Å². The Morgan fingerprint density at radius 3 is 2.73 bits per heavy atom. The number of methoxy groups -OCH3 is 2. The van der Waals surface area contributed by atoms with E-state index in [-0.39, 0.29) is 0 Å². The van der Waals surface area contributed by atoms with Crippen LogP contribution in [0.15, 0.2) is 24.3 Å². The molecule has 0 radical (unpaired) electrons. The molecule has 3 nitrogen and oxygen atoms in total. The highest BCUT2D eigenvalue weighted by atomic mass is 16.5. The Hall–Kier alpha value is -1.22. The Morgan fingerprint density at radius 2 is 2.07 bits per heavy atom. The lowest BCUT2D eigenvalue weighted by Gasteiger charge is -2.35. The smallest absolute Gasteiger partial charge is 0.120 e. The molecule has 0 unspecified atom stereocenters. The van der Waals surface area contributed by atoms with E-state index in [4.69, 9.17) is 9.47 Å². The van der Waals surface area contributed by atoms with Gasteiger partial charge in [0, 0.05) is 24.9 Å². The number of anilines is 1. The summed E-state index contributed by atoms with van der Waals surface area (Å²) in [5, 5.41) is 3.46. The summed E-state index contributed by atoms with van der Waals surface area (Å²) in [5.74, 6) is 0.891. The average molecular weight is 207 g/mol. The zero-order valence-corrected chi connectivity index (χ0v) is 9.19. The molecule has 1 fully saturated rings. The van der Waals surface area contributed by atoms with Gasteiger partial charge in [0.15, 0.2) is 0 Å². The normalized spacial score (nSPS) is 24.4. The number of ether oxygens (including phenoxy) is 2. The molecule has 0 saturated heterocycles. The second-order valence-electron chi connectivity index (χ2n) is 3.90. The van der Waals surface area contributed by atoms with Crippen LogP contribution in [0.1, 0.15) is 12.8 Å². The van der Waals surface area contributed by atoms with Crippen LogP contribution in [0.5, 0.6) is 5.75 Å². The lowest BCUT2D eigenvalue weighted by Crippen LogP contribution is -2.40.